The van der Waals surface area contributed by atoms with Crippen molar-refractivity contribution in [3.63, 3.8) is 0 Å². The van der Waals surface area contributed by atoms with Crippen molar-refractivity contribution in [2.75, 3.05) is 19.6 Å². The van der Waals surface area contributed by atoms with Crippen molar-refractivity contribution < 1.29 is 31.4 Å². The number of thiophene rings is 1. The average molecular weight is 1820 g/mol. The lowest BCUT2D eigenvalue weighted by atomic mass is 9.98. The zero-order chi connectivity index (χ0) is 98.0. The third-order valence-electron chi connectivity index (χ3n) is 23.5. The van der Waals surface area contributed by atoms with E-state index in [-0.39, 0.29) is 17.1 Å². The second-order valence-electron chi connectivity index (χ2n) is 31.5. The number of hydrogen-bond donors (Lipinski definition) is 0. The topological polar surface area (TPSA) is 65.5 Å². The van der Waals surface area contributed by atoms with Crippen LogP contribution in [0.4, 0.5) is 68.2 Å². The van der Waals surface area contributed by atoms with Crippen LogP contribution in [0.5, 0.6) is 0 Å². The molecule has 133 heavy (non-hydrogen) atoms. The Hall–Kier alpha value is -15.8. The predicted molar refractivity (Wildman–Crippen MR) is 563 cm³/mol. The molecular weight excluding hydrogens is 1740 g/mol. The van der Waals surface area contributed by atoms with Gasteiger partial charge in [0.05, 0.1) is 23.8 Å². The molecule has 5 aromatic heterocycles. The highest BCUT2D eigenvalue weighted by Gasteiger charge is 2.24. The number of halogens is 4. The van der Waals surface area contributed by atoms with Crippen molar-refractivity contribution in [1.29, 1.82) is 0 Å². The summed E-state index contributed by atoms with van der Waals surface area (Å²) in [5.74, 6) is 0. The third-order valence-corrected chi connectivity index (χ3v) is 25.7. The van der Waals surface area contributed by atoms with Crippen molar-refractivity contribution in [3.05, 3.63) is 493 Å². The van der Waals surface area contributed by atoms with Crippen LogP contribution in [-0.4, -0.2) is 0 Å². The molecular formula is C120H78Cl4N4O4S. The van der Waals surface area contributed by atoms with Gasteiger partial charge in [-0.2, -0.15) is 0 Å². The molecule has 0 spiro atoms. The molecule has 25 rings (SSSR count). The first-order valence-corrected chi connectivity index (χ1v) is 45.3. The van der Waals surface area contributed by atoms with Gasteiger partial charge in [-0.25, -0.2) is 0 Å². The van der Waals surface area contributed by atoms with Crippen LogP contribution in [0.3, 0.4) is 0 Å². The van der Waals surface area contributed by atoms with Gasteiger partial charge in [-0.15, -0.1) is 11.3 Å². The maximum Gasteiger partial charge on any atom is 0.137 e. The van der Waals surface area contributed by atoms with Gasteiger partial charge >= 0.3 is 0 Å². The van der Waals surface area contributed by atoms with Crippen LogP contribution in [0.2, 0.25) is 20.1 Å². The van der Waals surface area contributed by atoms with E-state index < -0.39 is 60.4 Å². The molecule has 0 saturated carbocycles. The van der Waals surface area contributed by atoms with Gasteiger partial charge in [0.15, 0.2) is 0 Å². The van der Waals surface area contributed by atoms with Gasteiger partial charge < -0.3 is 37.3 Å². The minimum absolute atomic E-state index is 0.153. The number of furan rings is 4. The SMILES string of the molecule is Clc1ccc(-c2cccc3oc4cc(N(c5ccccc5)c5ccccc5)ccc4c23)cc1.Clc1ccc(-c2cccc3sc4cc(-c5ccc(N(c6ccccc6)c6ccccc6)cc5)ccc4c23)cc1.Clc1cccc2oc3cc(N(c4ccccc4)c4ccc5c(c4)oc4ccccc45)ccc3c12.[2H]c1c([2H])c([2H])c(N(c2ccc3c(c2)oc2cccc(Cl)c23)c2c([2H])c([2H])c([2H])c([2H])c2[2H])c([2H])c1[2H]. The Morgan fingerprint density at radius 3 is 0.962 bits per heavy atom. The Morgan fingerprint density at radius 2 is 0.504 bits per heavy atom. The minimum Gasteiger partial charge on any atom is -0.456 e. The lowest BCUT2D eigenvalue weighted by Crippen LogP contribution is -2.09. The first-order chi connectivity index (χ1) is 69.7. The van der Waals surface area contributed by atoms with Crippen LogP contribution >= 0.6 is 57.7 Å². The number of anilines is 12. The van der Waals surface area contributed by atoms with Crippen LogP contribution in [0, 0.1) is 0 Å². The molecule has 0 saturated heterocycles. The first-order valence-electron chi connectivity index (χ1n) is 48.0. The molecule has 0 aliphatic carbocycles. The lowest BCUT2D eigenvalue weighted by molar-refractivity contribution is 0.668. The van der Waals surface area contributed by atoms with Gasteiger partial charge in [0.2, 0.25) is 0 Å². The molecule has 13 heteroatoms. The van der Waals surface area contributed by atoms with Crippen molar-refractivity contribution in [2.45, 2.75) is 0 Å². The molecule has 20 aromatic carbocycles. The molecule has 0 fully saturated rings. The molecule has 0 N–H and O–H groups in total. The van der Waals surface area contributed by atoms with Gasteiger partial charge in [0, 0.05) is 166 Å². The van der Waals surface area contributed by atoms with Crippen LogP contribution in [0.1, 0.15) is 13.7 Å². The van der Waals surface area contributed by atoms with Gasteiger partial charge in [-0.3, -0.25) is 0 Å². The molecule has 636 valence electrons. The van der Waals surface area contributed by atoms with E-state index in [2.05, 4.69) is 288 Å². The van der Waals surface area contributed by atoms with E-state index in [9.17, 15) is 0 Å². The number of rotatable bonds is 15. The maximum absolute atomic E-state index is 8.53. The summed E-state index contributed by atoms with van der Waals surface area (Å²) in [4.78, 5) is 7.82. The molecule has 0 radical (unpaired) electrons. The molecule has 0 aliphatic heterocycles. The Morgan fingerprint density at radius 1 is 0.195 bits per heavy atom. The number of hydrogen-bond acceptors (Lipinski definition) is 9. The highest BCUT2D eigenvalue weighted by Crippen LogP contribution is 2.49. The average Bonchev–Trinajstić information content (AvgIpc) is 1.40. The summed E-state index contributed by atoms with van der Waals surface area (Å²) in [5, 5.41) is 12.9. The standard InChI is InChI=1S/C36H24ClNS.C30H18ClNO2.C30H20ClNO.C24H16ClNO/c37-28-19-14-26(15-20-28)32-12-7-13-34-36(32)33-23-18-27(24-35(33)39-34)25-16-21-31(22-17-25)38(29-8-3-1-4-9-29)30-10-5-2-6-11-30;31-25-10-6-12-27-30(25)24-16-14-21(18-29(24)34-27)32(19-7-2-1-3-8-19)20-13-15-23-22-9-4-5-11-26(22)33-28(23)17-20;31-22-16-14-21(15-17-22)26-12-7-13-28-30(26)27-19-18-25(20-29(27)33-28)32(23-8-3-1-4-9-23)24-10-5-2-6-11-24;25-21-12-7-13-22-24(21)20-15-14-19(16-23(20)27-22)26(17-8-3-1-4-9-17)18-10-5-2-6-11-18/h1-24H;1-18H;1-20H;1-16H/i;;;1D,2D,3D,4D,5D,6D,8D,9D,10D,11D. The van der Waals surface area contributed by atoms with Crippen LogP contribution in [-0.2, 0) is 0 Å². The van der Waals surface area contributed by atoms with E-state index in [4.69, 9.17) is 77.8 Å². The molecule has 0 unspecified atom stereocenters. The molecule has 0 amide bonds. The largest absolute Gasteiger partial charge is 0.456 e. The Bertz CT molecular complexity index is 8980. The summed E-state index contributed by atoms with van der Waals surface area (Å²) in [5.41, 5.74) is 22.1. The van der Waals surface area contributed by atoms with Crippen LogP contribution < -0.4 is 19.6 Å². The van der Waals surface area contributed by atoms with Gasteiger partial charge in [0.25, 0.3) is 0 Å². The Labute approximate surface area is 805 Å². The van der Waals surface area contributed by atoms with Crippen molar-refractivity contribution >= 4 is 234 Å². The first kappa shape index (κ1) is 72.0. The number of benzene rings is 20. The summed E-state index contributed by atoms with van der Waals surface area (Å²) in [7, 11) is 0. The monoisotopic (exact) mass is 1820 g/mol. The second-order valence-corrected chi connectivity index (χ2v) is 34.3. The van der Waals surface area contributed by atoms with Gasteiger partial charge in [-0.05, 0) is 252 Å². The summed E-state index contributed by atoms with van der Waals surface area (Å²) in [6.45, 7) is 0. The quantitative estimate of drug-likeness (QED) is 0.101. The fourth-order valence-corrected chi connectivity index (χ4v) is 19.4. The molecule has 0 bridgehead atoms. The zero-order valence-corrected chi connectivity index (χ0v) is 74.4. The summed E-state index contributed by atoms with van der Waals surface area (Å²) in [6, 6.07) is 133. The molecule has 0 atom stereocenters. The smallest absolute Gasteiger partial charge is 0.137 e. The van der Waals surface area contributed by atoms with Gasteiger partial charge in [0.1, 0.15) is 44.7 Å². The third kappa shape index (κ3) is 16.6. The lowest BCUT2D eigenvalue weighted by Gasteiger charge is -2.25. The Kier molecular flexibility index (Phi) is 19.8. The zero-order valence-electron chi connectivity index (χ0n) is 80.6. The van der Waals surface area contributed by atoms with Crippen molar-refractivity contribution in [3.8, 4) is 33.4 Å². The highest BCUT2D eigenvalue weighted by atomic mass is 35.5. The van der Waals surface area contributed by atoms with Gasteiger partial charge in [-0.1, -0.05) is 277 Å². The molecule has 5 heterocycles. The van der Waals surface area contributed by atoms with Crippen LogP contribution in [0.25, 0.3) is 141 Å². The number of nitrogens with zero attached hydrogens (tertiary/aromatic N) is 4. The second kappa shape index (κ2) is 36.6. The Balaban J connectivity index is 0.000000109. The van der Waals surface area contributed by atoms with E-state index >= 15 is 0 Å². The normalized spacial score (nSPS) is 12.4. The van der Waals surface area contributed by atoms with E-state index in [1.54, 1.807) is 30.3 Å². The van der Waals surface area contributed by atoms with E-state index in [1.165, 1.54) is 48.5 Å². The van der Waals surface area contributed by atoms with Crippen molar-refractivity contribution in [2.24, 2.45) is 0 Å². The maximum atomic E-state index is 8.53. The van der Waals surface area contributed by atoms with Crippen LogP contribution in [0.15, 0.2) is 491 Å². The fraction of sp³-hybridized carbons (Fsp3) is 0. The summed E-state index contributed by atoms with van der Waals surface area (Å²) in [6.07, 6.45) is 0. The minimum atomic E-state index is -0.634. The molecule has 0 aliphatic rings. The summed E-state index contributed by atoms with van der Waals surface area (Å²) < 4.78 is 110. The van der Waals surface area contributed by atoms with E-state index in [0.717, 1.165) is 143 Å². The van der Waals surface area contributed by atoms with Crippen molar-refractivity contribution in [1.82, 2.24) is 0 Å². The predicted octanol–water partition coefficient (Wildman–Crippen LogP) is 38.2. The number of para-hydroxylation sites is 8. The highest BCUT2D eigenvalue weighted by molar-refractivity contribution is 7.26. The van der Waals surface area contributed by atoms with E-state index in [0.29, 0.717) is 32.0 Å². The molecule has 8 nitrogen and oxygen atoms in total. The summed E-state index contributed by atoms with van der Waals surface area (Å²) >= 11 is 27.0. The molecule has 25 aromatic rings. The number of fused-ring (bicyclic) bond motifs is 15. The van der Waals surface area contributed by atoms with E-state index in [1.807, 2.05) is 114 Å². The fourth-order valence-electron chi connectivity index (χ4n) is 17.5.